The van der Waals surface area contributed by atoms with Crippen LogP contribution >= 0.6 is 22.9 Å². The summed E-state index contributed by atoms with van der Waals surface area (Å²) in [5, 5.41) is 4.38. The Morgan fingerprint density at radius 3 is 2.71 bits per heavy atom. The number of likely N-dealkylation sites (N-methyl/N-ethyl adjacent to an activating group) is 1. The Kier molecular flexibility index (Phi) is 5.14. The molecule has 24 heavy (non-hydrogen) atoms. The van der Waals surface area contributed by atoms with Crippen molar-refractivity contribution < 1.29 is 4.79 Å². The number of para-hydroxylation sites is 2. The standard InChI is InChI=1S/C18H18ClN3OS/c1-12(18-21-15-9-5-6-10-16(15)24-18)22(2)11-17(23)20-14-8-4-3-7-13(14)19/h3-10,12H,11H2,1-2H3,(H,20,23)/t12-/m1/s1. The van der Waals surface area contributed by atoms with Crippen molar-refractivity contribution in [1.82, 2.24) is 9.88 Å². The molecule has 0 aliphatic carbocycles. The lowest BCUT2D eigenvalue weighted by molar-refractivity contribution is -0.117. The van der Waals surface area contributed by atoms with Crippen LogP contribution in [0.2, 0.25) is 5.02 Å². The third kappa shape index (κ3) is 3.75. The van der Waals surface area contributed by atoms with Crippen molar-refractivity contribution in [2.24, 2.45) is 0 Å². The van der Waals surface area contributed by atoms with Crippen molar-refractivity contribution in [3.8, 4) is 0 Å². The molecule has 0 aliphatic heterocycles. The van der Waals surface area contributed by atoms with Gasteiger partial charge in [0.2, 0.25) is 5.91 Å². The number of carbonyl (C=O) groups is 1. The molecule has 0 fully saturated rings. The number of aromatic nitrogens is 1. The number of nitrogens with zero attached hydrogens (tertiary/aromatic N) is 2. The summed E-state index contributed by atoms with van der Waals surface area (Å²) >= 11 is 7.73. The van der Waals surface area contributed by atoms with Crippen LogP contribution in [0.3, 0.4) is 0 Å². The smallest absolute Gasteiger partial charge is 0.238 e. The molecule has 0 unspecified atom stereocenters. The summed E-state index contributed by atoms with van der Waals surface area (Å²) in [4.78, 5) is 18.9. The molecule has 0 spiro atoms. The first-order valence-corrected chi connectivity index (χ1v) is 8.84. The number of amides is 1. The molecular weight excluding hydrogens is 342 g/mol. The largest absolute Gasteiger partial charge is 0.324 e. The number of thiazole rings is 1. The zero-order valence-corrected chi connectivity index (χ0v) is 15.1. The van der Waals surface area contributed by atoms with Crippen LogP contribution in [0.15, 0.2) is 48.5 Å². The fraction of sp³-hybridized carbons (Fsp3) is 0.222. The van der Waals surface area contributed by atoms with E-state index in [1.54, 1.807) is 23.5 Å². The quantitative estimate of drug-likeness (QED) is 0.725. The highest BCUT2D eigenvalue weighted by Crippen LogP contribution is 2.28. The van der Waals surface area contributed by atoms with Gasteiger partial charge in [0.05, 0.1) is 33.5 Å². The summed E-state index contributed by atoms with van der Waals surface area (Å²) in [5.41, 5.74) is 1.63. The first kappa shape index (κ1) is 16.9. The van der Waals surface area contributed by atoms with Crippen LogP contribution in [0, 0.1) is 0 Å². The van der Waals surface area contributed by atoms with Crippen molar-refractivity contribution in [3.05, 3.63) is 58.6 Å². The molecular formula is C18H18ClN3OS. The van der Waals surface area contributed by atoms with E-state index in [1.165, 1.54) is 0 Å². The molecule has 0 bridgehead atoms. The predicted octanol–water partition coefficient (Wildman–Crippen LogP) is 4.58. The van der Waals surface area contributed by atoms with Crippen molar-refractivity contribution in [2.75, 3.05) is 18.9 Å². The van der Waals surface area contributed by atoms with Gasteiger partial charge in [0, 0.05) is 0 Å². The Hall–Kier alpha value is -1.95. The highest BCUT2D eigenvalue weighted by atomic mass is 35.5. The summed E-state index contributed by atoms with van der Waals surface area (Å²) in [6, 6.07) is 15.3. The van der Waals surface area contributed by atoms with Gasteiger partial charge in [-0.25, -0.2) is 4.98 Å². The zero-order chi connectivity index (χ0) is 17.1. The second-order valence-electron chi connectivity index (χ2n) is 5.64. The van der Waals surface area contributed by atoms with E-state index in [9.17, 15) is 4.79 Å². The van der Waals surface area contributed by atoms with E-state index < -0.39 is 0 Å². The van der Waals surface area contributed by atoms with Crippen LogP contribution < -0.4 is 5.32 Å². The van der Waals surface area contributed by atoms with Gasteiger partial charge in [-0.15, -0.1) is 11.3 Å². The van der Waals surface area contributed by atoms with Gasteiger partial charge in [-0.1, -0.05) is 35.9 Å². The van der Waals surface area contributed by atoms with Gasteiger partial charge < -0.3 is 5.32 Å². The van der Waals surface area contributed by atoms with E-state index in [-0.39, 0.29) is 18.5 Å². The molecule has 0 aliphatic rings. The van der Waals surface area contributed by atoms with Gasteiger partial charge in [0.15, 0.2) is 0 Å². The van der Waals surface area contributed by atoms with Crippen LogP contribution in [0.5, 0.6) is 0 Å². The SMILES string of the molecule is C[C@H](c1nc2ccccc2s1)N(C)CC(=O)Nc1ccccc1Cl. The van der Waals surface area contributed by atoms with Gasteiger partial charge in [-0.05, 0) is 38.2 Å². The van der Waals surface area contributed by atoms with Gasteiger partial charge in [-0.3, -0.25) is 9.69 Å². The number of carbonyl (C=O) groups excluding carboxylic acids is 1. The molecule has 4 nitrogen and oxygen atoms in total. The second-order valence-corrected chi connectivity index (χ2v) is 7.11. The maximum Gasteiger partial charge on any atom is 0.238 e. The molecule has 1 heterocycles. The molecule has 3 aromatic rings. The van der Waals surface area contributed by atoms with Gasteiger partial charge >= 0.3 is 0 Å². The monoisotopic (exact) mass is 359 g/mol. The Morgan fingerprint density at radius 1 is 1.25 bits per heavy atom. The first-order valence-electron chi connectivity index (χ1n) is 7.64. The normalized spacial score (nSPS) is 12.5. The Balaban J connectivity index is 1.66. The molecule has 0 saturated carbocycles. The topological polar surface area (TPSA) is 45.2 Å². The lowest BCUT2D eigenvalue weighted by Gasteiger charge is -2.22. The Morgan fingerprint density at radius 2 is 1.96 bits per heavy atom. The number of anilines is 1. The third-order valence-electron chi connectivity index (χ3n) is 3.87. The van der Waals surface area contributed by atoms with Crippen LogP contribution in [0.1, 0.15) is 18.0 Å². The number of rotatable bonds is 5. The maximum absolute atomic E-state index is 12.3. The van der Waals surface area contributed by atoms with Crippen LogP contribution in [-0.4, -0.2) is 29.4 Å². The average Bonchev–Trinajstić information content (AvgIpc) is 3.00. The van der Waals surface area contributed by atoms with Crippen LogP contribution in [-0.2, 0) is 4.79 Å². The summed E-state index contributed by atoms with van der Waals surface area (Å²) in [6.45, 7) is 2.32. The van der Waals surface area contributed by atoms with Crippen molar-refractivity contribution >= 4 is 44.7 Å². The van der Waals surface area contributed by atoms with Crippen molar-refractivity contribution in [1.29, 1.82) is 0 Å². The maximum atomic E-state index is 12.3. The molecule has 1 atom stereocenters. The van der Waals surface area contributed by atoms with Crippen LogP contribution in [0.25, 0.3) is 10.2 Å². The Labute approximate surface area is 150 Å². The molecule has 2 aromatic carbocycles. The molecule has 6 heteroatoms. The number of hydrogen-bond donors (Lipinski definition) is 1. The fourth-order valence-electron chi connectivity index (χ4n) is 2.37. The number of benzene rings is 2. The number of fused-ring (bicyclic) bond motifs is 1. The average molecular weight is 360 g/mol. The number of nitrogens with one attached hydrogen (secondary N) is 1. The minimum absolute atomic E-state index is 0.0550. The highest BCUT2D eigenvalue weighted by Gasteiger charge is 2.18. The minimum atomic E-state index is -0.0986. The van der Waals surface area contributed by atoms with Crippen molar-refractivity contribution in [3.63, 3.8) is 0 Å². The number of hydrogen-bond acceptors (Lipinski definition) is 4. The van der Waals surface area contributed by atoms with E-state index in [0.29, 0.717) is 10.7 Å². The molecule has 1 amide bonds. The summed E-state index contributed by atoms with van der Waals surface area (Å²) in [6.07, 6.45) is 0. The molecule has 1 aromatic heterocycles. The molecule has 1 N–H and O–H groups in total. The molecule has 0 saturated heterocycles. The fourth-order valence-corrected chi connectivity index (χ4v) is 3.64. The first-order chi connectivity index (χ1) is 11.5. The lowest BCUT2D eigenvalue weighted by Crippen LogP contribution is -2.32. The van der Waals surface area contributed by atoms with E-state index in [1.807, 2.05) is 42.3 Å². The van der Waals surface area contributed by atoms with Crippen LogP contribution in [0.4, 0.5) is 5.69 Å². The molecule has 124 valence electrons. The third-order valence-corrected chi connectivity index (χ3v) is 5.41. The lowest BCUT2D eigenvalue weighted by atomic mass is 10.3. The van der Waals surface area contributed by atoms with E-state index in [0.717, 1.165) is 15.2 Å². The zero-order valence-electron chi connectivity index (χ0n) is 13.5. The number of halogens is 1. The molecule has 0 radical (unpaired) electrons. The van der Waals surface area contributed by atoms with Gasteiger partial charge in [0.1, 0.15) is 5.01 Å². The van der Waals surface area contributed by atoms with Crippen molar-refractivity contribution in [2.45, 2.75) is 13.0 Å². The minimum Gasteiger partial charge on any atom is -0.324 e. The summed E-state index contributed by atoms with van der Waals surface area (Å²) < 4.78 is 1.16. The highest BCUT2D eigenvalue weighted by molar-refractivity contribution is 7.18. The van der Waals surface area contributed by atoms with Gasteiger partial charge in [-0.2, -0.15) is 0 Å². The van der Waals surface area contributed by atoms with E-state index in [4.69, 9.17) is 11.6 Å². The molecule has 3 rings (SSSR count). The Bertz CT molecular complexity index is 831. The second kappa shape index (κ2) is 7.30. The predicted molar refractivity (Wildman–Crippen MR) is 101 cm³/mol. The van der Waals surface area contributed by atoms with E-state index in [2.05, 4.69) is 23.3 Å². The summed E-state index contributed by atoms with van der Waals surface area (Å²) in [5.74, 6) is -0.0986. The summed E-state index contributed by atoms with van der Waals surface area (Å²) in [7, 11) is 1.92. The van der Waals surface area contributed by atoms with E-state index >= 15 is 0 Å². The van der Waals surface area contributed by atoms with Gasteiger partial charge in [0.25, 0.3) is 0 Å².